The number of aliphatic hydroxyl groups excluding tert-OH is 1. The van der Waals surface area contributed by atoms with E-state index in [1.54, 1.807) is 0 Å². The second-order valence-electron chi connectivity index (χ2n) is 2.39. The number of alkyl halides is 3. The maximum atomic E-state index is 11.7. The molecular weight excluding hydrogens is 201 g/mol. The molecule has 7 heteroatoms. The molecule has 0 aromatic carbocycles. The Morgan fingerprint density at radius 2 is 2.07 bits per heavy atom. The Balaban J connectivity index is 2.90. The van der Waals surface area contributed by atoms with Gasteiger partial charge in [0.05, 0.1) is 18.0 Å². The number of aromatic nitrogens is 1. The van der Waals surface area contributed by atoms with Crippen LogP contribution in [0.15, 0.2) is 12.1 Å². The SMILES string of the molecule is Nc1ccc(OC(F)(F)F)nc1CO. The van der Waals surface area contributed by atoms with Crippen LogP contribution in [0.2, 0.25) is 0 Å². The van der Waals surface area contributed by atoms with Crippen LogP contribution in [0.25, 0.3) is 0 Å². The van der Waals surface area contributed by atoms with Crippen LogP contribution in [0.5, 0.6) is 5.88 Å². The second kappa shape index (κ2) is 3.70. The summed E-state index contributed by atoms with van der Waals surface area (Å²) in [5.74, 6) is -0.643. The molecular formula is C7H7F3N2O2. The lowest BCUT2D eigenvalue weighted by atomic mass is 10.3. The van der Waals surface area contributed by atoms with Gasteiger partial charge in [-0.2, -0.15) is 0 Å². The van der Waals surface area contributed by atoms with Crippen LogP contribution in [-0.2, 0) is 6.61 Å². The molecule has 1 rings (SSSR count). The summed E-state index contributed by atoms with van der Waals surface area (Å²) >= 11 is 0. The molecule has 0 saturated heterocycles. The number of ether oxygens (including phenoxy) is 1. The average molecular weight is 208 g/mol. The largest absolute Gasteiger partial charge is 0.574 e. The molecule has 0 saturated carbocycles. The summed E-state index contributed by atoms with van der Waals surface area (Å²) in [5, 5.41) is 8.66. The van der Waals surface area contributed by atoms with Gasteiger partial charge in [-0.15, -0.1) is 13.2 Å². The molecule has 3 N–H and O–H groups in total. The summed E-state index contributed by atoms with van der Waals surface area (Å²) in [6.45, 7) is -0.541. The van der Waals surface area contributed by atoms with Crippen molar-refractivity contribution in [3.05, 3.63) is 17.8 Å². The van der Waals surface area contributed by atoms with Gasteiger partial charge in [-0.1, -0.05) is 0 Å². The highest BCUT2D eigenvalue weighted by Crippen LogP contribution is 2.22. The van der Waals surface area contributed by atoms with Gasteiger partial charge < -0.3 is 15.6 Å². The van der Waals surface area contributed by atoms with Crippen molar-refractivity contribution in [1.82, 2.24) is 4.98 Å². The number of anilines is 1. The maximum absolute atomic E-state index is 11.7. The third-order valence-corrected chi connectivity index (χ3v) is 1.35. The number of nitrogens with two attached hydrogens (primary N) is 1. The molecule has 1 aromatic heterocycles. The fourth-order valence-electron chi connectivity index (χ4n) is 0.794. The number of rotatable bonds is 2. The minimum Gasteiger partial charge on any atom is -0.397 e. The van der Waals surface area contributed by atoms with Crippen LogP contribution in [0.3, 0.4) is 0 Å². The van der Waals surface area contributed by atoms with Gasteiger partial charge in [0, 0.05) is 6.07 Å². The first-order chi connectivity index (χ1) is 6.42. The highest BCUT2D eigenvalue weighted by Gasteiger charge is 2.31. The van der Waals surface area contributed by atoms with E-state index in [1.165, 1.54) is 6.07 Å². The van der Waals surface area contributed by atoms with Gasteiger partial charge >= 0.3 is 6.36 Å². The first-order valence-electron chi connectivity index (χ1n) is 3.54. The van der Waals surface area contributed by atoms with E-state index >= 15 is 0 Å². The summed E-state index contributed by atoms with van der Waals surface area (Å²) in [6.07, 6.45) is -4.80. The average Bonchev–Trinajstić information content (AvgIpc) is 2.06. The third kappa shape index (κ3) is 2.77. The van der Waals surface area contributed by atoms with Gasteiger partial charge in [-0.25, -0.2) is 4.98 Å². The molecule has 0 aliphatic carbocycles. The number of aliphatic hydroxyl groups is 1. The Morgan fingerprint density at radius 3 is 2.57 bits per heavy atom. The molecule has 78 valence electrons. The van der Waals surface area contributed by atoms with Gasteiger partial charge in [-0.05, 0) is 6.07 Å². The normalized spacial score (nSPS) is 11.4. The monoisotopic (exact) mass is 208 g/mol. The van der Waals surface area contributed by atoms with Crippen LogP contribution in [-0.4, -0.2) is 16.5 Å². The van der Waals surface area contributed by atoms with E-state index in [2.05, 4.69) is 9.72 Å². The lowest BCUT2D eigenvalue weighted by molar-refractivity contribution is -0.276. The molecule has 14 heavy (non-hydrogen) atoms. The molecule has 1 aromatic rings. The van der Waals surface area contributed by atoms with E-state index in [-0.39, 0.29) is 11.4 Å². The van der Waals surface area contributed by atoms with Crippen molar-refractivity contribution in [3.8, 4) is 5.88 Å². The summed E-state index contributed by atoms with van der Waals surface area (Å²) in [6, 6.07) is 2.15. The number of nitrogen functional groups attached to an aromatic ring is 1. The maximum Gasteiger partial charge on any atom is 0.574 e. The van der Waals surface area contributed by atoms with Crippen molar-refractivity contribution in [2.75, 3.05) is 5.73 Å². The van der Waals surface area contributed by atoms with Crippen molar-refractivity contribution < 1.29 is 23.0 Å². The highest BCUT2D eigenvalue weighted by molar-refractivity contribution is 5.44. The summed E-state index contributed by atoms with van der Waals surface area (Å²) in [4.78, 5) is 3.36. The lowest BCUT2D eigenvalue weighted by Gasteiger charge is -2.09. The highest BCUT2D eigenvalue weighted by atomic mass is 19.4. The van der Waals surface area contributed by atoms with Crippen LogP contribution >= 0.6 is 0 Å². The van der Waals surface area contributed by atoms with Crippen molar-refractivity contribution in [2.45, 2.75) is 13.0 Å². The van der Waals surface area contributed by atoms with Crippen LogP contribution in [0.1, 0.15) is 5.69 Å². The Labute approximate surface area is 77.1 Å². The zero-order chi connectivity index (χ0) is 10.8. The fourth-order valence-corrected chi connectivity index (χ4v) is 0.794. The van der Waals surface area contributed by atoms with E-state index in [1.807, 2.05) is 0 Å². The summed E-state index contributed by atoms with van der Waals surface area (Å²) in [5.41, 5.74) is 5.37. The van der Waals surface area contributed by atoms with Crippen molar-refractivity contribution in [1.29, 1.82) is 0 Å². The van der Waals surface area contributed by atoms with Crippen LogP contribution in [0, 0.1) is 0 Å². The molecule has 0 radical (unpaired) electrons. The third-order valence-electron chi connectivity index (χ3n) is 1.35. The van der Waals surface area contributed by atoms with E-state index in [0.29, 0.717) is 0 Å². The van der Waals surface area contributed by atoms with Crippen molar-refractivity contribution in [3.63, 3.8) is 0 Å². The lowest BCUT2D eigenvalue weighted by Crippen LogP contribution is -2.18. The van der Waals surface area contributed by atoms with Crippen molar-refractivity contribution in [2.24, 2.45) is 0 Å². The van der Waals surface area contributed by atoms with Gasteiger partial charge in [0.25, 0.3) is 0 Å². The minimum absolute atomic E-state index is 0.0493. The fraction of sp³-hybridized carbons (Fsp3) is 0.286. The molecule has 4 nitrogen and oxygen atoms in total. The zero-order valence-corrected chi connectivity index (χ0v) is 6.88. The Hall–Kier alpha value is -1.50. The summed E-state index contributed by atoms with van der Waals surface area (Å²) in [7, 11) is 0. The smallest absolute Gasteiger partial charge is 0.397 e. The minimum atomic E-state index is -4.80. The number of hydrogen-bond acceptors (Lipinski definition) is 4. The first-order valence-corrected chi connectivity index (χ1v) is 3.54. The molecule has 0 aliphatic rings. The molecule has 0 bridgehead atoms. The van der Waals surface area contributed by atoms with Gasteiger partial charge in [0.1, 0.15) is 0 Å². The number of nitrogens with zero attached hydrogens (tertiary/aromatic N) is 1. The standard InChI is InChI=1S/C7H7F3N2O2/c8-7(9,10)14-6-2-1-4(11)5(3-13)12-6/h1-2,13H,3,11H2. The number of pyridine rings is 1. The van der Waals surface area contributed by atoms with Crippen LogP contribution < -0.4 is 10.5 Å². The first kappa shape index (κ1) is 10.6. The zero-order valence-electron chi connectivity index (χ0n) is 6.88. The Kier molecular flexibility index (Phi) is 2.80. The Morgan fingerprint density at radius 1 is 1.43 bits per heavy atom. The molecule has 1 heterocycles. The van der Waals surface area contributed by atoms with E-state index in [4.69, 9.17) is 10.8 Å². The quantitative estimate of drug-likeness (QED) is 0.762. The van der Waals surface area contributed by atoms with Gasteiger partial charge in [0.2, 0.25) is 5.88 Å². The van der Waals surface area contributed by atoms with Gasteiger partial charge in [-0.3, -0.25) is 0 Å². The van der Waals surface area contributed by atoms with Crippen LogP contribution in [0.4, 0.5) is 18.9 Å². The second-order valence-corrected chi connectivity index (χ2v) is 2.39. The topological polar surface area (TPSA) is 68.4 Å². The van der Waals surface area contributed by atoms with Crippen molar-refractivity contribution >= 4 is 5.69 Å². The van der Waals surface area contributed by atoms with Gasteiger partial charge in [0.15, 0.2) is 0 Å². The number of halogens is 3. The summed E-state index contributed by atoms with van der Waals surface area (Å²) < 4.78 is 38.7. The molecule has 0 fully saturated rings. The molecule has 0 atom stereocenters. The molecule has 0 spiro atoms. The molecule has 0 amide bonds. The molecule has 0 aliphatic heterocycles. The van der Waals surface area contributed by atoms with E-state index < -0.39 is 18.8 Å². The predicted octanol–water partition coefficient (Wildman–Crippen LogP) is 1.05. The van der Waals surface area contributed by atoms with E-state index in [9.17, 15) is 13.2 Å². The predicted molar refractivity (Wildman–Crippen MR) is 41.3 cm³/mol. The molecule has 0 unspecified atom stereocenters. The number of hydrogen-bond donors (Lipinski definition) is 2. The Bertz CT molecular complexity index is 327. The van der Waals surface area contributed by atoms with E-state index in [0.717, 1.165) is 6.07 Å².